The molecule has 3 unspecified atom stereocenters. The van der Waals surface area contributed by atoms with E-state index < -0.39 is 0 Å². The van der Waals surface area contributed by atoms with Crippen molar-refractivity contribution in [1.29, 1.82) is 0 Å². The molecule has 3 atom stereocenters. The molecule has 3 heteroatoms. The molecule has 1 N–H and O–H groups in total. The minimum absolute atomic E-state index is 0.104. The molecule has 19 heavy (non-hydrogen) atoms. The van der Waals surface area contributed by atoms with Crippen LogP contribution in [0.15, 0.2) is 0 Å². The summed E-state index contributed by atoms with van der Waals surface area (Å²) in [5.41, 5.74) is 0.324. The van der Waals surface area contributed by atoms with Gasteiger partial charge in [0.05, 0.1) is 12.7 Å². The normalized spacial score (nSPS) is 32.8. The van der Waals surface area contributed by atoms with Gasteiger partial charge in [-0.25, -0.2) is 0 Å². The first-order chi connectivity index (χ1) is 8.93. The summed E-state index contributed by atoms with van der Waals surface area (Å²) in [5, 5.41) is 10.1. The molecule has 0 bridgehead atoms. The molecule has 2 fully saturated rings. The quantitative estimate of drug-likeness (QED) is 0.833. The van der Waals surface area contributed by atoms with Gasteiger partial charge in [-0.3, -0.25) is 4.90 Å². The van der Waals surface area contributed by atoms with Gasteiger partial charge in [0.2, 0.25) is 0 Å². The molecule has 0 aromatic heterocycles. The van der Waals surface area contributed by atoms with Gasteiger partial charge in [-0.05, 0) is 43.4 Å². The van der Waals surface area contributed by atoms with E-state index in [1.165, 1.54) is 12.8 Å². The average molecular weight is 269 g/mol. The molecule has 0 amide bonds. The van der Waals surface area contributed by atoms with E-state index in [1.54, 1.807) is 7.11 Å². The number of aliphatic hydroxyl groups is 1. The van der Waals surface area contributed by atoms with E-state index in [0.717, 1.165) is 38.5 Å². The molecule has 0 aromatic carbocycles. The fraction of sp³-hybridized carbons (Fsp3) is 1.00. The summed E-state index contributed by atoms with van der Waals surface area (Å²) < 4.78 is 5.28. The van der Waals surface area contributed by atoms with Gasteiger partial charge in [-0.15, -0.1) is 0 Å². The molecule has 2 aliphatic carbocycles. The van der Waals surface area contributed by atoms with Crippen molar-refractivity contribution in [3.05, 3.63) is 0 Å². The zero-order valence-electron chi connectivity index (χ0n) is 13.1. The highest BCUT2D eigenvalue weighted by Gasteiger charge is 2.43. The zero-order chi connectivity index (χ0) is 14.0. The fourth-order valence-corrected chi connectivity index (χ4v) is 3.72. The number of hydrogen-bond donors (Lipinski definition) is 1. The molecule has 0 radical (unpaired) electrons. The molecule has 2 saturated carbocycles. The van der Waals surface area contributed by atoms with Crippen LogP contribution in [0.4, 0.5) is 0 Å². The van der Waals surface area contributed by atoms with Crippen LogP contribution in [-0.2, 0) is 4.74 Å². The van der Waals surface area contributed by atoms with E-state index >= 15 is 0 Å². The summed E-state index contributed by atoms with van der Waals surface area (Å²) in [6.07, 6.45) is 5.63. The summed E-state index contributed by atoms with van der Waals surface area (Å²) >= 11 is 0. The van der Waals surface area contributed by atoms with Crippen LogP contribution < -0.4 is 0 Å². The lowest BCUT2D eigenvalue weighted by atomic mass is 9.68. The molecule has 2 aliphatic rings. The maximum Gasteiger partial charge on any atom is 0.0589 e. The molecule has 0 aromatic rings. The molecular weight excluding hydrogens is 238 g/mol. The van der Waals surface area contributed by atoms with Gasteiger partial charge in [-0.1, -0.05) is 20.8 Å². The monoisotopic (exact) mass is 269 g/mol. The number of aliphatic hydroxyl groups excluding tert-OH is 1. The lowest BCUT2D eigenvalue weighted by Gasteiger charge is -2.47. The number of methoxy groups -OCH3 is 1. The lowest BCUT2D eigenvalue weighted by Crippen LogP contribution is -2.51. The number of hydrogen-bond acceptors (Lipinski definition) is 3. The van der Waals surface area contributed by atoms with Crippen LogP contribution in [0.2, 0.25) is 0 Å². The second-order valence-corrected chi connectivity index (χ2v) is 7.47. The highest BCUT2D eigenvalue weighted by Crippen LogP contribution is 2.43. The number of ether oxygens (including phenoxy) is 1. The summed E-state index contributed by atoms with van der Waals surface area (Å²) in [4.78, 5) is 2.64. The van der Waals surface area contributed by atoms with Crippen LogP contribution >= 0.6 is 0 Å². The number of rotatable bonds is 5. The second-order valence-electron chi connectivity index (χ2n) is 7.47. The Morgan fingerprint density at radius 1 is 1.16 bits per heavy atom. The van der Waals surface area contributed by atoms with Crippen molar-refractivity contribution in [1.82, 2.24) is 4.90 Å². The van der Waals surface area contributed by atoms with Crippen molar-refractivity contribution in [2.75, 3.05) is 20.3 Å². The smallest absolute Gasteiger partial charge is 0.0589 e. The fourth-order valence-electron chi connectivity index (χ4n) is 3.72. The van der Waals surface area contributed by atoms with Crippen molar-refractivity contribution in [3.63, 3.8) is 0 Å². The van der Waals surface area contributed by atoms with Crippen molar-refractivity contribution in [3.8, 4) is 0 Å². The minimum atomic E-state index is -0.104. The second kappa shape index (κ2) is 6.11. The summed E-state index contributed by atoms with van der Waals surface area (Å²) in [6.45, 7) is 8.88. The Hall–Kier alpha value is -0.120. The van der Waals surface area contributed by atoms with Crippen LogP contribution in [0.5, 0.6) is 0 Å². The Labute approximate surface area is 118 Å². The van der Waals surface area contributed by atoms with Crippen LogP contribution in [0.1, 0.15) is 52.9 Å². The Balaban J connectivity index is 2.09. The predicted octanol–water partition coefficient (Wildman–Crippen LogP) is 2.67. The SMILES string of the molecule is COCCN(C1CC1)C1CC(O)CCC1C(C)(C)C. The van der Waals surface area contributed by atoms with E-state index in [-0.39, 0.29) is 6.10 Å². The van der Waals surface area contributed by atoms with Gasteiger partial charge >= 0.3 is 0 Å². The molecule has 0 spiro atoms. The maximum atomic E-state index is 10.1. The van der Waals surface area contributed by atoms with Gasteiger partial charge in [0.15, 0.2) is 0 Å². The maximum absolute atomic E-state index is 10.1. The van der Waals surface area contributed by atoms with Gasteiger partial charge in [0.25, 0.3) is 0 Å². The zero-order valence-corrected chi connectivity index (χ0v) is 13.1. The highest BCUT2D eigenvalue weighted by atomic mass is 16.5. The van der Waals surface area contributed by atoms with Crippen molar-refractivity contribution < 1.29 is 9.84 Å². The molecule has 0 saturated heterocycles. The van der Waals surface area contributed by atoms with E-state index in [2.05, 4.69) is 25.7 Å². The minimum Gasteiger partial charge on any atom is -0.393 e. The van der Waals surface area contributed by atoms with Crippen LogP contribution in [0.25, 0.3) is 0 Å². The molecule has 0 heterocycles. The Kier molecular flexibility index (Phi) is 4.91. The van der Waals surface area contributed by atoms with E-state index in [0.29, 0.717) is 17.4 Å². The average Bonchev–Trinajstić information content (AvgIpc) is 3.12. The summed E-state index contributed by atoms with van der Waals surface area (Å²) in [7, 11) is 1.78. The largest absolute Gasteiger partial charge is 0.393 e. The van der Waals surface area contributed by atoms with Gasteiger partial charge in [0, 0.05) is 25.7 Å². The Morgan fingerprint density at radius 2 is 1.84 bits per heavy atom. The van der Waals surface area contributed by atoms with Crippen LogP contribution in [0, 0.1) is 11.3 Å². The first-order valence-corrected chi connectivity index (χ1v) is 7.86. The third-order valence-corrected chi connectivity index (χ3v) is 4.90. The summed E-state index contributed by atoms with van der Waals surface area (Å²) in [5.74, 6) is 0.688. The van der Waals surface area contributed by atoms with Crippen molar-refractivity contribution >= 4 is 0 Å². The third kappa shape index (κ3) is 3.93. The molecule has 0 aliphatic heterocycles. The van der Waals surface area contributed by atoms with Gasteiger partial charge < -0.3 is 9.84 Å². The van der Waals surface area contributed by atoms with Crippen molar-refractivity contribution in [2.24, 2.45) is 11.3 Å². The van der Waals surface area contributed by atoms with Gasteiger partial charge in [0.1, 0.15) is 0 Å². The van der Waals surface area contributed by atoms with Crippen LogP contribution in [-0.4, -0.2) is 48.5 Å². The first kappa shape index (κ1) is 15.3. The topological polar surface area (TPSA) is 32.7 Å². The van der Waals surface area contributed by atoms with Crippen molar-refractivity contribution in [2.45, 2.75) is 71.1 Å². The lowest BCUT2D eigenvalue weighted by molar-refractivity contribution is -0.0223. The summed E-state index contributed by atoms with van der Waals surface area (Å²) in [6, 6.07) is 1.28. The Morgan fingerprint density at radius 3 is 2.37 bits per heavy atom. The van der Waals surface area contributed by atoms with Gasteiger partial charge in [-0.2, -0.15) is 0 Å². The van der Waals surface area contributed by atoms with E-state index in [1.807, 2.05) is 0 Å². The van der Waals surface area contributed by atoms with E-state index in [4.69, 9.17) is 4.74 Å². The predicted molar refractivity (Wildman–Crippen MR) is 78.2 cm³/mol. The highest BCUT2D eigenvalue weighted by molar-refractivity contribution is 4.97. The van der Waals surface area contributed by atoms with E-state index in [9.17, 15) is 5.11 Å². The molecule has 3 nitrogen and oxygen atoms in total. The third-order valence-electron chi connectivity index (χ3n) is 4.90. The molecular formula is C16H31NO2. The molecule has 112 valence electrons. The standard InChI is InChI=1S/C16H31NO2/c1-16(2,3)14-8-7-13(18)11-15(14)17(9-10-19-4)12-5-6-12/h12-15,18H,5-11H2,1-4H3. The first-order valence-electron chi connectivity index (χ1n) is 7.86. The Bertz CT molecular complexity index is 283. The van der Waals surface area contributed by atoms with Crippen LogP contribution in [0.3, 0.4) is 0 Å². The number of nitrogens with zero attached hydrogens (tertiary/aromatic N) is 1. The molecule has 2 rings (SSSR count).